The molecule has 4 aliphatic rings. The second kappa shape index (κ2) is 5.58. The summed E-state index contributed by atoms with van der Waals surface area (Å²) in [6.07, 6.45) is 12.4. The van der Waals surface area contributed by atoms with E-state index in [2.05, 4.69) is 13.8 Å². The van der Waals surface area contributed by atoms with Gasteiger partial charge < -0.3 is 5.11 Å². The van der Waals surface area contributed by atoms with Gasteiger partial charge in [0.15, 0.2) is 0 Å². The van der Waals surface area contributed by atoms with E-state index >= 15 is 0 Å². The maximum atomic E-state index is 11.8. The second-order valence-corrected chi connectivity index (χ2v) is 9.19. The van der Waals surface area contributed by atoms with Crippen molar-refractivity contribution in [1.29, 1.82) is 0 Å². The Bertz CT molecular complexity index is 486. The average molecular weight is 319 g/mol. The lowest BCUT2D eigenvalue weighted by Gasteiger charge is -2.58. The zero-order chi connectivity index (χ0) is 16.2. The van der Waals surface area contributed by atoms with Crippen molar-refractivity contribution in [3.05, 3.63) is 0 Å². The lowest BCUT2D eigenvalue weighted by molar-refractivity contribution is -0.146. The molecule has 2 heteroatoms. The SMILES string of the molecule is CC[C@@]1(O)CC[C@H]2[C@@H]3CC[C@@H]4CC(=O)CC[C@@H]4[C@H]3CC[C@@]21CC. The van der Waals surface area contributed by atoms with Crippen LogP contribution in [-0.2, 0) is 4.79 Å². The third kappa shape index (κ3) is 2.12. The van der Waals surface area contributed by atoms with Gasteiger partial charge in [0.25, 0.3) is 0 Å². The molecule has 4 aliphatic carbocycles. The van der Waals surface area contributed by atoms with Crippen LogP contribution in [0.4, 0.5) is 0 Å². The van der Waals surface area contributed by atoms with Crippen molar-refractivity contribution in [3.8, 4) is 0 Å². The molecule has 0 radical (unpaired) electrons. The predicted molar refractivity (Wildman–Crippen MR) is 92.0 cm³/mol. The molecule has 0 aliphatic heterocycles. The number of Topliss-reactive ketones (excluding diaryl/α,β-unsaturated/α-hetero) is 1. The predicted octanol–water partition coefficient (Wildman–Crippen LogP) is 4.74. The quantitative estimate of drug-likeness (QED) is 0.798. The molecule has 0 aromatic carbocycles. The first-order valence-corrected chi connectivity index (χ1v) is 10.3. The van der Waals surface area contributed by atoms with Gasteiger partial charge in [-0.3, -0.25) is 4.79 Å². The highest BCUT2D eigenvalue weighted by atomic mass is 16.3. The summed E-state index contributed by atoms with van der Waals surface area (Å²) >= 11 is 0. The van der Waals surface area contributed by atoms with Gasteiger partial charge in [0.05, 0.1) is 5.60 Å². The van der Waals surface area contributed by atoms with Crippen molar-refractivity contribution in [2.24, 2.45) is 35.0 Å². The number of ketones is 1. The van der Waals surface area contributed by atoms with E-state index in [4.69, 9.17) is 0 Å². The van der Waals surface area contributed by atoms with E-state index in [9.17, 15) is 9.90 Å². The maximum absolute atomic E-state index is 11.8. The molecular formula is C21H34O2. The fourth-order valence-electron chi connectivity index (χ4n) is 7.88. The van der Waals surface area contributed by atoms with Crippen LogP contribution in [-0.4, -0.2) is 16.5 Å². The van der Waals surface area contributed by atoms with E-state index in [0.29, 0.717) is 11.7 Å². The molecule has 4 saturated carbocycles. The Kier molecular flexibility index (Phi) is 3.91. The number of rotatable bonds is 2. The van der Waals surface area contributed by atoms with Gasteiger partial charge >= 0.3 is 0 Å². The largest absolute Gasteiger partial charge is 0.389 e. The minimum absolute atomic E-state index is 0.195. The first-order chi connectivity index (χ1) is 11.0. The molecule has 0 saturated heterocycles. The molecule has 0 amide bonds. The fourth-order valence-corrected chi connectivity index (χ4v) is 7.88. The van der Waals surface area contributed by atoms with Crippen LogP contribution >= 0.6 is 0 Å². The van der Waals surface area contributed by atoms with Crippen LogP contribution in [0.25, 0.3) is 0 Å². The molecule has 0 unspecified atom stereocenters. The monoisotopic (exact) mass is 318 g/mol. The molecule has 0 heterocycles. The fraction of sp³-hybridized carbons (Fsp3) is 0.952. The van der Waals surface area contributed by atoms with Crippen molar-refractivity contribution < 1.29 is 9.90 Å². The number of fused-ring (bicyclic) bond motifs is 5. The van der Waals surface area contributed by atoms with Crippen LogP contribution in [0.15, 0.2) is 0 Å². The summed E-state index contributed by atoms with van der Waals surface area (Å²) < 4.78 is 0. The van der Waals surface area contributed by atoms with Gasteiger partial charge in [-0.05, 0) is 87.4 Å². The Morgan fingerprint density at radius 2 is 1.78 bits per heavy atom. The van der Waals surface area contributed by atoms with Gasteiger partial charge in [-0.2, -0.15) is 0 Å². The third-order valence-electron chi connectivity index (χ3n) is 8.98. The number of aliphatic hydroxyl groups is 1. The van der Waals surface area contributed by atoms with Gasteiger partial charge in [0.2, 0.25) is 0 Å². The summed E-state index contributed by atoms with van der Waals surface area (Å²) in [7, 11) is 0. The minimum Gasteiger partial charge on any atom is -0.389 e. The molecule has 0 aromatic heterocycles. The van der Waals surface area contributed by atoms with Crippen LogP contribution in [0.3, 0.4) is 0 Å². The van der Waals surface area contributed by atoms with Crippen molar-refractivity contribution >= 4 is 5.78 Å². The van der Waals surface area contributed by atoms with Gasteiger partial charge in [0, 0.05) is 18.3 Å². The van der Waals surface area contributed by atoms with E-state index in [1.54, 1.807) is 0 Å². The van der Waals surface area contributed by atoms with Crippen LogP contribution in [0.2, 0.25) is 0 Å². The van der Waals surface area contributed by atoms with Crippen LogP contribution in [0.1, 0.15) is 84.5 Å². The van der Waals surface area contributed by atoms with Crippen LogP contribution < -0.4 is 0 Å². The Morgan fingerprint density at radius 1 is 0.957 bits per heavy atom. The van der Waals surface area contributed by atoms with Crippen molar-refractivity contribution in [3.63, 3.8) is 0 Å². The highest BCUT2D eigenvalue weighted by molar-refractivity contribution is 5.79. The van der Waals surface area contributed by atoms with Crippen molar-refractivity contribution in [2.45, 2.75) is 90.1 Å². The Labute approximate surface area is 141 Å². The zero-order valence-electron chi connectivity index (χ0n) is 15.0. The van der Waals surface area contributed by atoms with Crippen molar-refractivity contribution in [2.75, 3.05) is 0 Å². The standard InChI is InChI=1S/C21H34O2/c1-3-20-11-9-17-16-8-6-15(22)13-14(16)5-7-18(17)19(20)10-12-21(20,23)4-2/h14,16-19,23H,3-13H2,1-2H3/t14-,16+,17-,18-,19+,20+,21-/m1/s1. The summed E-state index contributed by atoms with van der Waals surface area (Å²) in [5.41, 5.74) is -0.211. The Morgan fingerprint density at radius 3 is 2.52 bits per heavy atom. The molecule has 7 atom stereocenters. The number of carbonyl (C=O) groups excluding carboxylic acids is 1. The lowest BCUT2D eigenvalue weighted by atomic mass is 9.48. The molecule has 23 heavy (non-hydrogen) atoms. The molecule has 4 rings (SSSR count). The molecule has 0 aromatic rings. The molecule has 1 N–H and O–H groups in total. The van der Waals surface area contributed by atoms with E-state index in [1.165, 1.54) is 32.1 Å². The van der Waals surface area contributed by atoms with Gasteiger partial charge in [0.1, 0.15) is 5.78 Å². The highest BCUT2D eigenvalue weighted by Crippen LogP contribution is 2.67. The van der Waals surface area contributed by atoms with Gasteiger partial charge in [-0.15, -0.1) is 0 Å². The molecular weight excluding hydrogens is 284 g/mol. The Balaban J connectivity index is 1.61. The molecule has 0 bridgehead atoms. The van der Waals surface area contributed by atoms with Gasteiger partial charge in [-0.1, -0.05) is 13.8 Å². The summed E-state index contributed by atoms with van der Waals surface area (Å²) in [6, 6.07) is 0. The normalized spacial score (nSPS) is 52.7. The average Bonchev–Trinajstić information content (AvgIpc) is 2.88. The lowest BCUT2D eigenvalue weighted by Crippen LogP contribution is -2.54. The van der Waals surface area contributed by atoms with E-state index < -0.39 is 5.60 Å². The van der Waals surface area contributed by atoms with E-state index in [1.807, 2.05) is 0 Å². The van der Waals surface area contributed by atoms with Crippen LogP contribution in [0, 0.1) is 35.0 Å². The first-order valence-electron chi connectivity index (χ1n) is 10.3. The molecule has 130 valence electrons. The number of carbonyl (C=O) groups is 1. The smallest absolute Gasteiger partial charge is 0.133 e. The van der Waals surface area contributed by atoms with Crippen LogP contribution in [0.5, 0.6) is 0 Å². The van der Waals surface area contributed by atoms with E-state index in [0.717, 1.165) is 62.2 Å². The maximum Gasteiger partial charge on any atom is 0.133 e. The summed E-state index contributed by atoms with van der Waals surface area (Å²) in [4.78, 5) is 11.8. The summed E-state index contributed by atoms with van der Waals surface area (Å²) in [6.45, 7) is 4.51. The topological polar surface area (TPSA) is 37.3 Å². The minimum atomic E-state index is -0.406. The first kappa shape index (κ1) is 16.1. The highest BCUT2D eigenvalue weighted by Gasteiger charge is 2.63. The summed E-state index contributed by atoms with van der Waals surface area (Å²) in [5.74, 6) is 4.46. The Hall–Kier alpha value is -0.370. The molecule has 4 fully saturated rings. The zero-order valence-corrected chi connectivity index (χ0v) is 15.0. The third-order valence-corrected chi connectivity index (χ3v) is 8.98. The number of hydrogen-bond donors (Lipinski definition) is 1. The number of hydrogen-bond acceptors (Lipinski definition) is 2. The van der Waals surface area contributed by atoms with Crippen molar-refractivity contribution in [1.82, 2.24) is 0 Å². The van der Waals surface area contributed by atoms with Gasteiger partial charge in [-0.25, -0.2) is 0 Å². The molecule has 2 nitrogen and oxygen atoms in total. The second-order valence-electron chi connectivity index (χ2n) is 9.19. The van der Waals surface area contributed by atoms with E-state index in [-0.39, 0.29) is 5.41 Å². The summed E-state index contributed by atoms with van der Waals surface area (Å²) in [5, 5.41) is 11.4. The molecule has 0 spiro atoms.